The summed E-state index contributed by atoms with van der Waals surface area (Å²) in [4.78, 5) is 0. The molecule has 1 aliphatic carbocycles. The van der Waals surface area contributed by atoms with Crippen LogP contribution in [0.1, 0.15) is 63.0 Å². The Hall–Kier alpha value is -0.560. The first kappa shape index (κ1) is 13.9. The predicted molar refractivity (Wildman–Crippen MR) is 83.8 cm³/mol. The molecule has 0 aromatic heterocycles. The molecule has 0 atom stereocenters. The van der Waals surface area contributed by atoms with Crippen LogP contribution in [0.25, 0.3) is 6.08 Å². The van der Waals surface area contributed by atoms with E-state index in [-0.39, 0.29) is 0 Å². The van der Waals surface area contributed by atoms with E-state index >= 15 is 0 Å². The molecule has 0 N–H and O–H groups in total. The first-order valence-corrected chi connectivity index (χ1v) is 8.07. The minimum Gasteiger partial charge on any atom is -0.0654 e. The van der Waals surface area contributed by atoms with Crippen molar-refractivity contribution in [3.8, 4) is 0 Å². The molecule has 1 heteroatoms. The van der Waals surface area contributed by atoms with Crippen molar-refractivity contribution < 1.29 is 0 Å². The van der Waals surface area contributed by atoms with Crippen LogP contribution in [0, 0.1) is 0 Å². The monoisotopic (exact) mass is 306 g/mol. The summed E-state index contributed by atoms with van der Waals surface area (Å²) in [6, 6.07) is 6.52. The maximum Gasteiger partial charge on any atom is 0.0216 e. The summed E-state index contributed by atoms with van der Waals surface area (Å²) < 4.78 is 1.27. The molecule has 18 heavy (non-hydrogen) atoms. The lowest BCUT2D eigenvalue weighted by molar-refractivity contribution is 0.605. The van der Waals surface area contributed by atoms with E-state index in [1.54, 1.807) is 5.57 Å². The van der Waals surface area contributed by atoms with Gasteiger partial charge in [0.05, 0.1) is 0 Å². The van der Waals surface area contributed by atoms with Crippen LogP contribution in [0.15, 0.2) is 28.2 Å². The summed E-state index contributed by atoms with van der Waals surface area (Å²) in [6.07, 6.45) is 13.2. The molecule has 0 unspecified atom stereocenters. The molecular weight excluding hydrogens is 284 g/mol. The molecule has 1 aromatic carbocycles. The van der Waals surface area contributed by atoms with Gasteiger partial charge in [0.25, 0.3) is 0 Å². The van der Waals surface area contributed by atoms with E-state index in [1.165, 1.54) is 60.5 Å². The number of unbranched alkanes of at least 4 members (excludes halogenated alkanes) is 5. The standard InChI is InChI=1S/C17H23Br/c1-2-3-4-5-6-7-9-14-12-15-10-8-11-17(18)16(15)13-14/h8,10-12H,2-7,9,13H2,1H3. The second-order valence-electron chi connectivity index (χ2n) is 5.30. The predicted octanol–water partition coefficient (Wildman–Crippen LogP) is 6.14. The fraction of sp³-hybridized carbons (Fsp3) is 0.529. The lowest BCUT2D eigenvalue weighted by Crippen LogP contribution is -1.87. The minimum absolute atomic E-state index is 1.16. The Bertz CT molecular complexity index is 418. The van der Waals surface area contributed by atoms with Gasteiger partial charge < -0.3 is 0 Å². The third kappa shape index (κ3) is 3.71. The Morgan fingerprint density at radius 3 is 2.61 bits per heavy atom. The van der Waals surface area contributed by atoms with Crippen LogP contribution in [0.4, 0.5) is 0 Å². The fourth-order valence-corrected chi connectivity index (χ4v) is 3.21. The van der Waals surface area contributed by atoms with E-state index < -0.39 is 0 Å². The summed E-state index contributed by atoms with van der Waals surface area (Å²) in [7, 11) is 0. The average molecular weight is 307 g/mol. The molecule has 0 radical (unpaired) electrons. The molecule has 2 rings (SSSR count). The van der Waals surface area contributed by atoms with Crippen LogP contribution in [-0.2, 0) is 6.42 Å². The van der Waals surface area contributed by atoms with E-state index in [0.717, 1.165) is 6.42 Å². The van der Waals surface area contributed by atoms with E-state index in [1.807, 2.05) is 0 Å². The molecule has 98 valence electrons. The Morgan fingerprint density at radius 2 is 1.83 bits per heavy atom. The van der Waals surface area contributed by atoms with Crippen LogP contribution < -0.4 is 0 Å². The highest BCUT2D eigenvalue weighted by molar-refractivity contribution is 9.10. The zero-order valence-electron chi connectivity index (χ0n) is 11.3. The molecule has 1 aliphatic rings. The van der Waals surface area contributed by atoms with E-state index in [4.69, 9.17) is 0 Å². The lowest BCUT2D eigenvalue weighted by Gasteiger charge is -2.03. The molecule has 0 fully saturated rings. The van der Waals surface area contributed by atoms with Crippen LogP contribution in [0.3, 0.4) is 0 Å². The van der Waals surface area contributed by atoms with Gasteiger partial charge in [-0.05, 0) is 36.5 Å². The minimum atomic E-state index is 1.16. The molecule has 0 bridgehead atoms. The van der Waals surface area contributed by atoms with Crippen molar-refractivity contribution in [3.63, 3.8) is 0 Å². The fourth-order valence-electron chi connectivity index (χ4n) is 2.69. The van der Waals surface area contributed by atoms with E-state index in [0.29, 0.717) is 0 Å². The largest absolute Gasteiger partial charge is 0.0654 e. The summed E-state index contributed by atoms with van der Waals surface area (Å²) in [6.45, 7) is 2.28. The quantitative estimate of drug-likeness (QED) is 0.531. The second-order valence-corrected chi connectivity index (χ2v) is 6.16. The summed E-state index contributed by atoms with van der Waals surface area (Å²) in [5.41, 5.74) is 4.52. The van der Waals surface area contributed by atoms with Crippen LogP contribution in [0.2, 0.25) is 0 Å². The number of hydrogen-bond donors (Lipinski definition) is 0. The third-order valence-corrected chi connectivity index (χ3v) is 4.51. The molecule has 0 heterocycles. The maximum absolute atomic E-state index is 3.65. The zero-order valence-corrected chi connectivity index (χ0v) is 12.9. The summed E-state index contributed by atoms with van der Waals surface area (Å²) in [5, 5.41) is 0. The van der Waals surface area contributed by atoms with Crippen LogP contribution >= 0.6 is 15.9 Å². The SMILES string of the molecule is CCCCCCCCC1=Cc2cccc(Br)c2C1. The van der Waals surface area contributed by atoms with Crippen molar-refractivity contribution in [2.24, 2.45) is 0 Å². The molecule has 1 aromatic rings. The van der Waals surface area contributed by atoms with Crippen molar-refractivity contribution >= 4 is 22.0 Å². The number of benzene rings is 1. The number of fused-ring (bicyclic) bond motifs is 1. The van der Waals surface area contributed by atoms with E-state index in [2.05, 4.69) is 47.1 Å². The molecular formula is C17H23Br. The van der Waals surface area contributed by atoms with Gasteiger partial charge in [-0.3, -0.25) is 0 Å². The molecule has 0 aliphatic heterocycles. The van der Waals surface area contributed by atoms with Crippen molar-refractivity contribution in [1.82, 2.24) is 0 Å². The second kappa shape index (κ2) is 7.13. The smallest absolute Gasteiger partial charge is 0.0216 e. The van der Waals surface area contributed by atoms with Gasteiger partial charge >= 0.3 is 0 Å². The highest BCUT2D eigenvalue weighted by atomic mass is 79.9. The number of allylic oxidation sites excluding steroid dienone is 1. The number of hydrogen-bond acceptors (Lipinski definition) is 0. The van der Waals surface area contributed by atoms with Crippen LogP contribution in [0.5, 0.6) is 0 Å². The van der Waals surface area contributed by atoms with Gasteiger partial charge in [-0.1, -0.05) is 78.7 Å². The lowest BCUT2D eigenvalue weighted by atomic mass is 10.0. The first-order valence-electron chi connectivity index (χ1n) is 7.28. The van der Waals surface area contributed by atoms with Crippen molar-refractivity contribution in [1.29, 1.82) is 0 Å². The molecule has 0 amide bonds. The van der Waals surface area contributed by atoms with Gasteiger partial charge in [-0.25, -0.2) is 0 Å². The average Bonchev–Trinajstić information content (AvgIpc) is 2.78. The Morgan fingerprint density at radius 1 is 1.06 bits per heavy atom. The van der Waals surface area contributed by atoms with Gasteiger partial charge in [0.1, 0.15) is 0 Å². The van der Waals surface area contributed by atoms with Gasteiger partial charge in [-0.2, -0.15) is 0 Å². The van der Waals surface area contributed by atoms with Crippen molar-refractivity contribution in [2.45, 2.75) is 58.3 Å². The normalized spacial score (nSPS) is 13.6. The van der Waals surface area contributed by atoms with Gasteiger partial charge in [-0.15, -0.1) is 0 Å². The van der Waals surface area contributed by atoms with E-state index in [9.17, 15) is 0 Å². The number of halogens is 1. The molecule has 0 nitrogen and oxygen atoms in total. The first-order chi connectivity index (χ1) is 8.81. The molecule has 0 spiro atoms. The molecule has 0 saturated heterocycles. The highest BCUT2D eigenvalue weighted by Crippen LogP contribution is 2.33. The van der Waals surface area contributed by atoms with Crippen molar-refractivity contribution in [2.75, 3.05) is 0 Å². The van der Waals surface area contributed by atoms with Crippen molar-refractivity contribution in [3.05, 3.63) is 39.4 Å². The third-order valence-electron chi connectivity index (χ3n) is 3.77. The highest BCUT2D eigenvalue weighted by Gasteiger charge is 2.14. The maximum atomic E-state index is 3.65. The zero-order chi connectivity index (χ0) is 12.8. The summed E-state index contributed by atoms with van der Waals surface area (Å²) >= 11 is 3.65. The molecule has 0 saturated carbocycles. The Kier molecular flexibility index (Phi) is 5.49. The Balaban J connectivity index is 1.72. The topological polar surface area (TPSA) is 0 Å². The van der Waals surface area contributed by atoms with Gasteiger partial charge in [0.15, 0.2) is 0 Å². The van der Waals surface area contributed by atoms with Gasteiger partial charge in [0, 0.05) is 4.47 Å². The Labute approximate surface area is 120 Å². The van der Waals surface area contributed by atoms with Gasteiger partial charge in [0.2, 0.25) is 0 Å². The number of rotatable bonds is 7. The summed E-state index contributed by atoms with van der Waals surface area (Å²) in [5.74, 6) is 0. The van der Waals surface area contributed by atoms with Crippen LogP contribution in [-0.4, -0.2) is 0 Å².